The van der Waals surface area contributed by atoms with Crippen molar-refractivity contribution in [3.8, 4) is 0 Å². The first-order chi connectivity index (χ1) is 13.8. The van der Waals surface area contributed by atoms with Crippen LogP contribution in [0.1, 0.15) is 32.1 Å². The maximum Gasteiger partial charge on any atom is 0.319 e. The molecule has 0 aliphatic carbocycles. The molecule has 2 aliphatic rings. The van der Waals surface area contributed by atoms with Gasteiger partial charge in [0.25, 0.3) is 0 Å². The number of urea groups is 1. The maximum atomic E-state index is 12.4. The van der Waals surface area contributed by atoms with Crippen LogP contribution in [0.4, 0.5) is 21.9 Å². The molecule has 2 saturated heterocycles. The molecule has 0 radical (unpaired) electrons. The third-order valence-electron chi connectivity index (χ3n) is 5.80. The fourth-order valence-corrected chi connectivity index (χ4v) is 4.18. The highest BCUT2D eigenvalue weighted by Crippen LogP contribution is 2.22. The summed E-state index contributed by atoms with van der Waals surface area (Å²) in [5.74, 6) is 0. The molecule has 0 bridgehead atoms. The molecule has 4 rings (SSSR count). The zero-order valence-corrected chi connectivity index (χ0v) is 16.4. The SMILES string of the molecule is O=C(Nc1ccc(N2CCCCC2)cc1)NC1CCN(c2ccccc2)CC1. The third-order valence-corrected chi connectivity index (χ3v) is 5.80. The van der Waals surface area contributed by atoms with Gasteiger partial charge in [0.2, 0.25) is 0 Å². The standard InChI is InChI=1S/C23H30N4O/c28-23(24-19-9-11-22(12-10-19)26-15-5-2-6-16-26)25-20-13-17-27(18-14-20)21-7-3-1-4-8-21/h1,3-4,7-12,20H,2,5-6,13-18H2,(H2,24,25,28). The summed E-state index contributed by atoms with van der Waals surface area (Å²) in [6.07, 6.45) is 5.81. The molecular formula is C23H30N4O. The van der Waals surface area contributed by atoms with Crippen LogP contribution in [0.2, 0.25) is 0 Å². The van der Waals surface area contributed by atoms with Crippen LogP contribution < -0.4 is 20.4 Å². The first kappa shape index (κ1) is 18.7. The number of benzene rings is 2. The molecular weight excluding hydrogens is 348 g/mol. The van der Waals surface area contributed by atoms with Crippen molar-refractivity contribution in [1.82, 2.24) is 5.32 Å². The molecule has 2 N–H and O–H groups in total. The number of nitrogens with zero attached hydrogens (tertiary/aromatic N) is 2. The van der Waals surface area contributed by atoms with E-state index in [2.05, 4.69) is 56.8 Å². The van der Waals surface area contributed by atoms with Crippen molar-refractivity contribution in [2.45, 2.75) is 38.1 Å². The number of hydrogen-bond donors (Lipinski definition) is 2. The van der Waals surface area contributed by atoms with E-state index in [1.165, 1.54) is 30.6 Å². The summed E-state index contributed by atoms with van der Waals surface area (Å²) in [7, 11) is 0. The summed E-state index contributed by atoms with van der Waals surface area (Å²) in [4.78, 5) is 17.2. The summed E-state index contributed by atoms with van der Waals surface area (Å²) in [6.45, 7) is 4.21. The Morgan fingerprint density at radius 3 is 2.04 bits per heavy atom. The van der Waals surface area contributed by atoms with Gasteiger partial charge in [0.1, 0.15) is 0 Å². The summed E-state index contributed by atoms with van der Waals surface area (Å²) in [6, 6.07) is 18.8. The molecule has 0 aromatic heterocycles. The number of hydrogen-bond acceptors (Lipinski definition) is 3. The van der Waals surface area contributed by atoms with Gasteiger partial charge in [-0.2, -0.15) is 0 Å². The number of anilines is 3. The fourth-order valence-electron chi connectivity index (χ4n) is 4.18. The molecule has 2 aromatic rings. The number of rotatable bonds is 4. The predicted molar refractivity (Wildman–Crippen MR) is 116 cm³/mol. The van der Waals surface area contributed by atoms with Crippen molar-refractivity contribution < 1.29 is 4.79 Å². The van der Waals surface area contributed by atoms with Gasteiger partial charge in [-0.25, -0.2) is 4.79 Å². The molecule has 2 aliphatic heterocycles. The number of carbonyl (C=O) groups excluding carboxylic acids is 1. The van der Waals surface area contributed by atoms with Crippen LogP contribution in [-0.2, 0) is 0 Å². The van der Waals surface area contributed by atoms with Gasteiger partial charge in [-0.15, -0.1) is 0 Å². The average molecular weight is 379 g/mol. The van der Waals surface area contributed by atoms with E-state index in [0.717, 1.165) is 44.7 Å². The molecule has 0 saturated carbocycles. The summed E-state index contributed by atoms with van der Waals surface area (Å²) < 4.78 is 0. The van der Waals surface area contributed by atoms with Gasteiger partial charge >= 0.3 is 6.03 Å². The van der Waals surface area contributed by atoms with Gasteiger partial charge in [0, 0.05) is 49.3 Å². The molecule has 28 heavy (non-hydrogen) atoms. The normalized spacial score (nSPS) is 18.0. The van der Waals surface area contributed by atoms with E-state index in [1.54, 1.807) is 0 Å². The minimum absolute atomic E-state index is 0.108. The van der Waals surface area contributed by atoms with E-state index in [0.29, 0.717) is 0 Å². The lowest BCUT2D eigenvalue weighted by Gasteiger charge is -2.34. The highest BCUT2D eigenvalue weighted by atomic mass is 16.2. The smallest absolute Gasteiger partial charge is 0.319 e. The minimum Gasteiger partial charge on any atom is -0.372 e. The quantitative estimate of drug-likeness (QED) is 0.825. The van der Waals surface area contributed by atoms with E-state index in [4.69, 9.17) is 0 Å². The Morgan fingerprint density at radius 1 is 0.750 bits per heavy atom. The second kappa shape index (κ2) is 9.00. The zero-order valence-electron chi connectivity index (χ0n) is 16.4. The maximum absolute atomic E-state index is 12.4. The molecule has 5 nitrogen and oxygen atoms in total. The molecule has 2 heterocycles. The number of carbonyl (C=O) groups is 1. The van der Waals surface area contributed by atoms with E-state index >= 15 is 0 Å². The van der Waals surface area contributed by atoms with Crippen molar-refractivity contribution in [3.63, 3.8) is 0 Å². The number of amides is 2. The average Bonchev–Trinajstić information content (AvgIpc) is 2.76. The fraction of sp³-hybridized carbons (Fsp3) is 0.435. The second-order valence-electron chi connectivity index (χ2n) is 7.79. The van der Waals surface area contributed by atoms with E-state index < -0.39 is 0 Å². The Hall–Kier alpha value is -2.69. The molecule has 148 valence electrons. The number of nitrogens with one attached hydrogen (secondary N) is 2. The van der Waals surface area contributed by atoms with Crippen molar-refractivity contribution >= 4 is 23.1 Å². The van der Waals surface area contributed by atoms with Crippen LogP contribution in [-0.4, -0.2) is 38.3 Å². The first-order valence-corrected chi connectivity index (χ1v) is 10.5. The van der Waals surface area contributed by atoms with Gasteiger partial charge in [-0.05, 0) is 68.5 Å². The monoisotopic (exact) mass is 378 g/mol. The van der Waals surface area contributed by atoms with Gasteiger partial charge < -0.3 is 20.4 Å². The molecule has 0 atom stereocenters. The second-order valence-corrected chi connectivity index (χ2v) is 7.79. The lowest BCUT2D eigenvalue weighted by molar-refractivity contribution is 0.246. The van der Waals surface area contributed by atoms with E-state index in [-0.39, 0.29) is 12.1 Å². The predicted octanol–water partition coefficient (Wildman–Crippen LogP) is 4.47. The lowest BCUT2D eigenvalue weighted by Crippen LogP contribution is -2.46. The summed E-state index contributed by atoms with van der Waals surface area (Å²) >= 11 is 0. The van der Waals surface area contributed by atoms with Gasteiger partial charge in [0.15, 0.2) is 0 Å². The van der Waals surface area contributed by atoms with Crippen molar-refractivity contribution in [2.24, 2.45) is 0 Å². The van der Waals surface area contributed by atoms with Crippen LogP contribution in [0, 0.1) is 0 Å². The zero-order chi connectivity index (χ0) is 19.2. The van der Waals surface area contributed by atoms with Crippen LogP contribution in [0.3, 0.4) is 0 Å². The van der Waals surface area contributed by atoms with Crippen molar-refractivity contribution in [3.05, 3.63) is 54.6 Å². The van der Waals surface area contributed by atoms with Gasteiger partial charge in [-0.3, -0.25) is 0 Å². The van der Waals surface area contributed by atoms with Crippen molar-refractivity contribution in [2.75, 3.05) is 41.3 Å². The molecule has 0 unspecified atom stereocenters. The molecule has 2 amide bonds. The van der Waals surface area contributed by atoms with E-state index in [1.807, 2.05) is 18.2 Å². The lowest BCUT2D eigenvalue weighted by atomic mass is 10.0. The molecule has 5 heteroatoms. The van der Waals surface area contributed by atoms with Crippen LogP contribution >= 0.6 is 0 Å². The van der Waals surface area contributed by atoms with Crippen LogP contribution in [0.5, 0.6) is 0 Å². The number of piperidine rings is 2. The largest absolute Gasteiger partial charge is 0.372 e. The Morgan fingerprint density at radius 2 is 1.36 bits per heavy atom. The Kier molecular flexibility index (Phi) is 6.00. The Labute approximate surface area is 167 Å². The van der Waals surface area contributed by atoms with Crippen molar-refractivity contribution in [1.29, 1.82) is 0 Å². The first-order valence-electron chi connectivity index (χ1n) is 10.5. The molecule has 2 fully saturated rings. The Balaban J connectivity index is 1.23. The Bertz CT molecular complexity index is 748. The summed E-state index contributed by atoms with van der Waals surface area (Å²) in [5.41, 5.74) is 3.36. The van der Waals surface area contributed by atoms with Crippen LogP contribution in [0.25, 0.3) is 0 Å². The third kappa shape index (κ3) is 4.77. The highest BCUT2D eigenvalue weighted by molar-refractivity contribution is 5.89. The summed E-state index contributed by atoms with van der Waals surface area (Å²) in [5, 5.41) is 6.11. The molecule has 0 spiro atoms. The topological polar surface area (TPSA) is 47.6 Å². The van der Waals surface area contributed by atoms with Gasteiger partial charge in [0.05, 0.1) is 0 Å². The highest BCUT2D eigenvalue weighted by Gasteiger charge is 2.21. The van der Waals surface area contributed by atoms with Gasteiger partial charge in [-0.1, -0.05) is 18.2 Å². The molecule has 2 aromatic carbocycles. The van der Waals surface area contributed by atoms with Crippen LogP contribution in [0.15, 0.2) is 54.6 Å². The minimum atomic E-state index is -0.108. The van der Waals surface area contributed by atoms with E-state index in [9.17, 15) is 4.79 Å². The number of para-hydroxylation sites is 1.